The molecule has 0 radical (unpaired) electrons. The highest BCUT2D eigenvalue weighted by molar-refractivity contribution is 8.93. The van der Waals surface area contributed by atoms with Gasteiger partial charge < -0.3 is 4.48 Å². The molecule has 0 aliphatic carbocycles. The Morgan fingerprint density at radius 2 is 0.786 bits per heavy atom. The number of halogens is 1. The Morgan fingerprint density at radius 1 is 0.571 bits per heavy atom. The molecule has 0 aliphatic rings. The molecule has 0 N–H and O–H groups in total. The summed E-state index contributed by atoms with van der Waals surface area (Å²) in [5.41, 5.74) is 0. The van der Waals surface area contributed by atoms with Gasteiger partial charge in [-0.05, 0) is 25.7 Å². The van der Waals surface area contributed by atoms with Crippen LogP contribution in [0.4, 0.5) is 0 Å². The molecule has 0 fully saturated rings. The Morgan fingerprint density at radius 3 is 0.929 bits per heavy atom. The molecule has 0 aromatic carbocycles. The number of nitrogens with zero attached hydrogens (tertiary/aromatic N) is 1. The summed E-state index contributed by atoms with van der Waals surface area (Å²) in [5.74, 6) is 0. The summed E-state index contributed by atoms with van der Waals surface area (Å²) >= 11 is 0. The van der Waals surface area contributed by atoms with Gasteiger partial charge in [0.05, 0.1) is 26.2 Å². The third kappa shape index (κ3) is 6.02. The SMILES string of the molecule is Br.CCC[N+](CCC)(CCC)CCC. The van der Waals surface area contributed by atoms with Gasteiger partial charge in [0.1, 0.15) is 0 Å². The van der Waals surface area contributed by atoms with Gasteiger partial charge in [0.25, 0.3) is 0 Å². The summed E-state index contributed by atoms with van der Waals surface area (Å²) in [5, 5.41) is 0. The van der Waals surface area contributed by atoms with Crippen molar-refractivity contribution in [2.75, 3.05) is 26.2 Å². The highest BCUT2D eigenvalue weighted by Gasteiger charge is 2.22. The summed E-state index contributed by atoms with van der Waals surface area (Å²) < 4.78 is 1.38. The van der Waals surface area contributed by atoms with Gasteiger partial charge in [0, 0.05) is 0 Å². The minimum atomic E-state index is 0. The van der Waals surface area contributed by atoms with Gasteiger partial charge >= 0.3 is 0 Å². The van der Waals surface area contributed by atoms with E-state index in [9.17, 15) is 0 Å². The third-order valence-corrected chi connectivity index (χ3v) is 2.79. The molecule has 0 rings (SSSR count). The fourth-order valence-electron chi connectivity index (χ4n) is 2.57. The predicted octanol–water partition coefficient (Wildman–Crippen LogP) is 4.02. The van der Waals surface area contributed by atoms with E-state index in [1.165, 1.54) is 56.3 Å². The summed E-state index contributed by atoms with van der Waals surface area (Å²) in [7, 11) is 0. The molecular weight excluding hydrogens is 238 g/mol. The van der Waals surface area contributed by atoms with Gasteiger partial charge in [-0.25, -0.2) is 0 Å². The van der Waals surface area contributed by atoms with Crippen molar-refractivity contribution in [3.63, 3.8) is 0 Å². The van der Waals surface area contributed by atoms with Crippen LogP contribution in [0.1, 0.15) is 53.4 Å². The molecule has 0 atom stereocenters. The second kappa shape index (κ2) is 9.97. The first kappa shape index (κ1) is 16.9. The first-order valence-electron chi connectivity index (χ1n) is 6.09. The fourth-order valence-corrected chi connectivity index (χ4v) is 2.57. The van der Waals surface area contributed by atoms with Crippen molar-refractivity contribution in [2.45, 2.75) is 53.4 Å². The summed E-state index contributed by atoms with van der Waals surface area (Å²) in [6.45, 7) is 14.8. The predicted molar refractivity (Wildman–Crippen MR) is 71.2 cm³/mol. The van der Waals surface area contributed by atoms with Crippen molar-refractivity contribution in [3.05, 3.63) is 0 Å². The van der Waals surface area contributed by atoms with E-state index in [0.717, 1.165) is 0 Å². The number of quaternary nitrogens is 1. The van der Waals surface area contributed by atoms with Crippen molar-refractivity contribution in [2.24, 2.45) is 0 Å². The van der Waals surface area contributed by atoms with E-state index in [4.69, 9.17) is 0 Å². The van der Waals surface area contributed by atoms with Crippen LogP contribution >= 0.6 is 17.0 Å². The Balaban J connectivity index is 0. The lowest BCUT2D eigenvalue weighted by Crippen LogP contribution is -2.50. The van der Waals surface area contributed by atoms with E-state index >= 15 is 0 Å². The average molecular weight is 267 g/mol. The van der Waals surface area contributed by atoms with Crippen molar-refractivity contribution in [1.82, 2.24) is 0 Å². The number of hydrogen-bond acceptors (Lipinski definition) is 0. The van der Waals surface area contributed by atoms with Crippen LogP contribution in [0.2, 0.25) is 0 Å². The largest absolute Gasteiger partial charge is 0.324 e. The smallest absolute Gasteiger partial charge is 0.0783 e. The summed E-state index contributed by atoms with van der Waals surface area (Å²) in [6.07, 6.45) is 5.33. The van der Waals surface area contributed by atoms with Crippen LogP contribution in [0.5, 0.6) is 0 Å². The van der Waals surface area contributed by atoms with Crippen molar-refractivity contribution < 1.29 is 4.48 Å². The van der Waals surface area contributed by atoms with Crippen LogP contribution < -0.4 is 0 Å². The minimum absolute atomic E-state index is 0. The van der Waals surface area contributed by atoms with Gasteiger partial charge in [0.15, 0.2) is 0 Å². The molecular formula is C12H29BrN+. The average Bonchev–Trinajstić information content (AvgIpc) is 2.06. The van der Waals surface area contributed by atoms with Gasteiger partial charge in [-0.2, -0.15) is 0 Å². The van der Waals surface area contributed by atoms with Gasteiger partial charge in [0.2, 0.25) is 0 Å². The highest BCUT2D eigenvalue weighted by atomic mass is 79.9. The van der Waals surface area contributed by atoms with Crippen LogP contribution in [0.3, 0.4) is 0 Å². The topological polar surface area (TPSA) is 0 Å². The molecule has 0 aromatic rings. The molecule has 14 heavy (non-hydrogen) atoms. The van der Waals surface area contributed by atoms with Crippen LogP contribution in [-0.4, -0.2) is 30.7 Å². The van der Waals surface area contributed by atoms with E-state index < -0.39 is 0 Å². The van der Waals surface area contributed by atoms with E-state index in [0.29, 0.717) is 0 Å². The molecule has 2 heteroatoms. The second-order valence-corrected chi connectivity index (χ2v) is 4.24. The standard InChI is InChI=1S/C12H28N.BrH/c1-5-9-13(10-6-2,11-7-3)12-8-4;/h5-12H2,1-4H3;1H/q+1;. The zero-order chi connectivity index (χ0) is 10.2. The lowest BCUT2D eigenvalue weighted by atomic mass is 10.2. The zero-order valence-electron chi connectivity index (χ0n) is 10.5. The second-order valence-electron chi connectivity index (χ2n) is 4.24. The zero-order valence-corrected chi connectivity index (χ0v) is 12.2. The van der Waals surface area contributed by atoms with Crippen LogP contribution in [0.15, 0.2) is 0 Å². The molecule has 0 aliphatic heterocycles. The first-order valence-corrected chi connectivity index (χ1v) is 6.09. The maximum absolute atomic E-state index is 2.31. The molecule has 0 saturated heterocycles. The van der Waals surface area contributed by atoms with E-state index in [-0.39, 0.29) is 17.0 Å². The Hall–Kier alpha value is 0.440. The van der Waals surface area contributed by atoms with E-state index in [1.807, 2.05) is 0 Å². The van der Waals surface area contributed by atoms with E-state index in [2.05, 4.69) is 27.7 Å². The first-order chi connectivity index (χ1) is 6.24. The third-order valence-electron chi connectivity index (χ3n) is 2.79. The Bertz CT molecular complexity index is 85.4. The van der Waals surface area contributed by atoms with E-state index in [1.54, 1.807) is 0 Å². The van der Waals surface area contributed by atoms with Crippen LogP contribution in [-0.2, 0) is 0 Å². The molecule has 88 valence electrons. The monoisotopic (exact) mass is 266 g/mol. The highest BCUT2D eigenvalue weighted by Crippen LogP contribution is 2.12. The minimum Gasteiger partial charge on any atom is -0.324 e. The number of rotatable bonds is 8. The van der Waals surface area contributed by atoms with Crippen LogP contribution in [0, 0.1) is 0 Å². The van der Waals surface area contributed by atoms with Crippen molar-refractivity contribution in [1.29, 1.82) is 0 Å². The molecule has 1 nitrogen and oxygen atoms in total. The number of hydrogen-bond donors (Lipinski definition) is 0. The quantitative estimate of drug-likeness (QED) is 0.583. The summed E-state index contributed by atoms with van der Waals surface area (Å²) in [6, 6.07) is 0. The molecule has 0 aromatic heterocycles. The van der Waals surface area contributed by atoms with Gasteiger partial charge in [-0.15, -0.1) is 17.0 Å². The molecule has 0 unspecified atom stereocenters. The maximum atomic E-state index is 2.31. The Kier molecular flexibility index (Phi) is 12.0. The normalized spacial score (nSPS) is 11.1. The molecule has 0 heterocycles. The Labute approximate surface area is 101 Å². The lowest BCUT2D eigenvalue weighted by Gasteiger charge is -2.38. The van der Waals surface area contributed by atoms with Crippen molar-refractivity contribution in [3.8, 4) is 0 Å². The molecule has 0 amide bonds. The molecule has 0 saturated carbocycles. The summed E-state index contributed by atoms with van der Waals surface area (Å²) in [4.78, 5) is 0. The maximum Gasteiger partial charge on any atom is 0.0783 e. The molecule has 0 spiro atoms. The van der Waals surface area contributed by atoms with Crippen LogP contribution in [0.25, 0.3) is 0 Å². The molecule has 0 bridgehead atoms. The van der Waals surface area contributed by atoms with Crippen molar-refractivity contribution >= 4 is 17.0 Å². The van der Waals surface area contributed by atoms with Gasteiger partial charge in [-0.1, -0.05) is 27.7 Å². The van der Waals surface area contributed by atoms with Gasteiger partial charge in [-0.3, -0.25) is 0 Å². The lowest BCUT2D eigenvalue weighted by molar-refractivity contribution is -0.928. The fraction of sp³-hybridized carbons (Fsp3) is 1.00.